The van der Waals surface area contributed by atoms with Crippen LogP contribution >= 0.6 is 21.6 Å². The lowest BCUT2D eigenvalue weighted by molar-refractivity contribution is -0.0214. The van der Waals surface area contributed by atoms with Gasteiger partial charge in [0.05, 0.1) is 18.3 Å². The SMILES string of the molecule is CCC1Cc2cc(O)c(OC3CC(Cc4ccc[nH]4)C4=CCNC(N)=C4CSSCC(CO)C3O)cc2C2CC(O)C3C(C#CC(CCO)(CCc4ccccc4)CCCCC3O)C=C12. The van der Waals surface area contributed by atoms with Crippen molar-refractivity contribution >= 4 is 21.6 Å². The molecule has 3 aromatic rings. The van der Waals surface area contributed by atoms with Gasteiger partial charge in [-0.25, -0.2) is 0 Å². The summed E-state index contributed by atoms with van der Waals surface area (Å²) in [4.78, 5) is 3.36. The molecule has 2 aromatic carbocycles. The number of dihydropyridines is 1. The Morgan fingerprint density at radius 2 is 1.82 bits per heavy atom. The van der Waals surface area contributed by atoms with E-state index in [2.05, 4.69) is 71.5 Å². The molecule has 0 bridgehead atoms. The highest BCUT2D eigenvalue weighted by molar-refractivity contribution is 8.76. The third kappa shape index (κ3) is 11.0. The van der Waals surface area contributed by atoms with Gasteiger partial charge in [-0.2, -0.15) is 0 Å². The monoisotopic (exact) mass is 923 g/mol. The van der Waals surface area contributed by atoms with Crippen molar-refractivity contribution in [2.45, 2.75) is 114 Å². The Labute approximate surface area is 393 Å². The highest BCUT2D eigenvalue weighted by atomic mass is 33.1. The molecule has 0 amide bonds. The summed E-state index contributed by atoms with van der Waals surface area (Å²) < 4.78 is 6.90. The van der Waals surface area contributed by atoms with Crippen LogP contribution in [0.3, 0.4) is 0 Å². The van der Waals surface area contributed by atoms with E-state index in [0.29, 0.717) is 62.4 Å². The molecule has 11 atom stereocenters. The van der Waals surface area contributed by atoms with E-state index in [1.165, 1.54) is 11.1 Å². The second-order valence-corrected chi connectivity index (χ2v) is 21.7. The number of phenols is 1. The second-order valence-electron chi connectivity index (χ2n) is 19.2. The lowest BCUT2D eigenvalue weighted by Gasteiger charge is -2.36. The van der Waals surface area contributed by atoms with E-state index < -0.39 is 36.3 Å². The summed E-state index contributed by atoms with van der Waals surface area (Å²) in [7, 11) is 3.26. The molecule has 0 spiro atoms. The summed E-state index contributed by atoms with van der Waals surface area (Å²) in [5.74, 6) is 7.94. The van der Waals surface area contributed by atoms with Gasteiger partial charge in [-0.05, 0) is 123 Å². The fraction of sp³-hybridized carbons (Fsp3) is 0.547. The molecule has 1 saturated heterocycles. The van der Waals surface area contributed by atoms with Crippen LogP contribution in [0.1, 0.15) is 93.0 Å². The number of phenolic OH excluding ortho intramolecular Hbond substituents is 1. The normalized spacial score (nSPS) is 32.0. The molecule has 10 nitrogen and oxygen atoms in total. The van der Waals surface area contributed by atoms with Gasteiger partial charge in [0, 0.05) is 77.8 Å². The van der Waals surface area contributed by atoms with Crippen LogP contribution in [0.15, 0.2) is 95.5 Å². The third-order valence-corrected chi connectivity index (χ3v) is 17.5. The second kappa shape index (κ2) is 21.9. The van der Waals surface area contributed by atoms with Gasteiger partial charge in [0.2, 0.25) is 0 Å². The molecule has 65 heavy (non-hydrogen) atoms. The van der Waals surface area contributed by atoms with Gasteiger partial charge in [-0.1, -0.05) is 101 Å². The van der Waals surface area contributed by atoms with Crippen molar-refractivity contribution < 1.29 is 35.4 Å². The summed E-state index contributed by atoms with van der Waals surface area (Å²) in [6.45, 7) is 2.59. The minimum absolute atomic E-state index is 0.00909. The largest absolute Gasteiger partial charge is 0.504 e. The maximum atomic E-state index is 12.3. The zero-order chi connectivity index (χ0) is 45.5. The molecule has 3 heterocycles. The Morgan fingerprint density at radius 3 is 2.58 bits per heavy atom. The highest BCUT2D eigenvalue weighted by Crippen LogP contribution is 2.51. The average Bonchev–Trinajstić information content (AvgIpc) is 3.76. The standard InChI is InChI=1S/C53H69N3O7S2/c1-2-34-23-36-26-46(60)48(63-49-27-37(24-39-11-8-20-55-39)40-15-21-56-52(54)44(40)32-65-64-31-38(30-58)51(49)62)29-42(36)43-28-47(61)50-35(25-41(34)43)14-18-53(19-22-57,16-7-6-12-45(50)59)17-13-33-9-4-3-5-10-33/h3-5,8-11,15,20,25-26,29,34-35,37-38,43,45,47,49-51,55-62H,2,6-7,12-13,16-17,19,21-24,27-28,30-32,54H2,1H3. The molecule has 3 aliphatic carbocycles. The van der Waals surface area contributed by atoms with E-state index >= 15 is 0 Å². The van der Waals surface area contributed by atoms with Gasteiger partial charge in [0.25, 0.3) is 0 Å². The number of aromatic hydroxyl groups is 1. The summed E-state index contributed by atoms with van der Waals surface area (Å²) in [5.41, 5.74) is 13.8. The number of rotatable bonds is 11. The number of ether oxygens (including phenoxy) is 1. The number of aliphatic hydroxyl groups is 5. The van der Waals surface area contributed by atoms with Crippen molar-refractivity contribution in [3.8, 4) is 23.3 Å². The van der Waals surface area contributed by atoms with E-state index in [4.69, 9.17) is 10.5 Å². The van der Waals surface area contributed by atoms with Crippen LogP contribution in [-0.4, -0.2) is 91.3 Å². The predicted octanol–water partition coefficient (Wildman–Crippen LogP) is 7.31. The quantitative estimate of drug-likeness (QED) is 0.0534. The molecule has 350 valence electrons. The van der Waals surface area contributed by atoms with Gasteiger partial charge in [0.15, 0.2) is 11.5 Å². The number of aryl methyl sites for hydroxylation is 1. The van der Waals surface area contributed by atoms with Crippen LogP contribution in [0.5, 0.6) is 11.5 Å². The lowest BCUT2D eigenvalue weighted by atomic mass is 9.70. The van der Waals surface area contributed by atoms with Crippen molar-refractivity contribution in [2.24, 2.45) is 40.7 Å². The number of benzene rings is 2. The van der Waals surface area contributed by atoms with Crippen LogP contribution in [0, 0.1) is 46.8 Å². The van der Waals surface area contributed by atoms with Gasteiger partial charge in [-0.3, -0.25) is 0 Å². The number of aromatic amines is 1. The van der Waals surface area contributed by atoms with Crippen LogP contribution in [0.2, 0.25) is 0 Å². The minimum Gasteiger partial charge on any atom is -0.504 e. The maximum absolute atomic E-state index is 12.3. The molecule has 11 unspecified atom stereocenters. The summed E-state index contributed by atoms with van der Waals surface area (Å²) >= 11 is 0. The van der Waals surface area contributed by atoms with Crippen molar-refractivity contribution in [1.82, 2.24) is 10.3 Å². The predicted molar refractivity (Wildman–Crippen MR) is 261 cm³/mol. The summed E-state index contributed by atoms with van der Waals surface area (Å²) in [6, 6.07) is 18.2. The summed E-state index contributed by atoms with van der Waals surface area (Å²) in [5, 5.41) is 72.5. The first-order valence-corrected chi connectivity index (χ1v) is 26.4. The number of nitrogens with two attached hydrogens (primary N) is 1. The molecule has 1 aromatic heterocycles. The Morgan fingerprint density at radius 1 is 0.969 bits per heavy atom. The molecule has 0 radical (unpaired) electrons. The Bertz CT molecular complexity index is 2220. The van der Waals surface area contributed by atoms with Crippen LogP contribution in [0.25, 0.3) is 0 Å². The number of H-pyrrole nitrogens is 1. The van der Waals surface area contributed by atoms with E-state index in [9.17, 15) is 30.6 Å². The molecule has 2 aliphatic heterocycles. The molecular formula is C53H69N3O7S2. The van der Waals surface area contributed by atoms with Crippen LogP contribution in [0.4, 0.5) is 0 Å². The number of aromatic nitrogens is 1. The minimum atomic E-state index is -1.05. The number of allylic oxidation sites excluding steroid dienone is 3. The fourth-order valence-electron chi connectivity index (χ4n) is 11.4. The average molecular weight is 924 g/mol. The van der Waals surface area contributed by atoms with Crippen LogP contribution in [-0.2, 0) is 19.3 Å². The lowest BCUT2D eigenvalue weighted by Crippen LogP contribution is -2.42. The van der Waals surface area contributed by atoms with Gasteiger partial charge in [0.1, 0.15) is 11.9 Å². The zero-order valence-electron chi connectivity index (χ0n) is 37.7. The third-order valence-electron chi connectivity index (χ3n) is 15.1. The number of fused-ring (bicyclic) bond motifs is 5. The first kappa shape index (κ1) is 47.7. The molecule has 10 N–H and O–H groups in total. The zero-order valence-corrected chi connectivity index (χ0v) is 39.3. The van der Waals surface area contributed by atoms with E-state index in [1.54, 1.807) is 21.6 Å². The summed E-state index contributed by atoms with van der Waals surface area (Å²) in [6.07, 6.45) is 11.3. The van der Waals surface area contributed by atoms with Crippen molar-refractivity contribution in [3.05, 3.63) is 118 Å². The van der Waals surface area contributed by atoms with Gasteiger partial charge in [-0.15, -0.1) is 0 Å². The molecular weight excluding hydrogens is 855 g/mol. The highest BCUT2D eigenvalue weighted by Gasteiger charge is 2.43. The van der Waals surface area contributed by atoms with Crippen LogP contribution < -0.4 is 15.8 Å². The van der Waals surface area contributed by atoms with E-state index in [1.807, 2.05) is 30.5 Å². The van der Waals surface area contributed by atoms with E-state index in [0.717, 1.165) is 66.5 Å². The molecule has 8 rings (SSSR count). The molecule has 5 aliphatic rings. The first-order chi connectivity index (χ1) is 31.6. The Kier molecular flexibility index (Phi) is 16.1. The van der Waals surface area contributed by atoms with Crippen molar-refractivity contribution in [2.75, 3.05) is 31.3 Å². The Balaban J connectivity index is 1.16. The number of hydrogen-bond acceptors (Lipinski definition) is 11. The number of nitrogens with one attached hydrogen (secondary N) is 2. The van der Waals surface area contributed by atoms with Crippen molar-refractivity contribution in [1.29, 1.82) is 0 Å². The molecule has 0 saturated carbocycles. The topological polar surface area (TPSA) is 184 Å². The fourth-order valence-corrected chi connectivity index (χ4v) is 13.9. The molecule has 1 fully saturated rings. The van der Waals surface area contributed by atoms with E-state index in [-0.39, 0.29) is 53.8 Å². The Hall–Kier alpha value is -3.80. The number of hydrogen-bond donors (Lipinski definition) is 9. The first-order valence-electron chi connectivity index (χ1n) is 24.0. The van der Waals surface area contributed by atoms with Crippen molar-refractivity contribution in [3.63, 3.8) is 0 Å². The maximum Gasteiger partial charge on any atom is 0.161 e. The molecule has 12 heteroatoms. The number of aliphatic hydroxyl groups excluding tert-OH is 5. The smallest absolute Gasteiger partial charge is 0.161 e. The van der Waals surface area contributed by atoms with Gasteiger partial charge >= 0.3 is 0 Å². The van der Waals surface area contributed by atoms with Gasteiger partial charge < -0.3 is 51.4 Å².